The lowest BCUT2D eigenvalue weighted by Crippen LogP contribution is -2.53. The molecule has 1 fully saturated rings. The van der Waals surface area contributed by atoms with Crippen LogP contribution < -0.4 is 10.1 Å². The van der Waals surface area contributed by atoms with Crippen LogP contribution in [0.3, 0.4) is 0 Å². The van der Waals surface area contributed by atoms with Crippen LogP contribution in [0.4, 0.5) is 13.6 Å². The number of alkyl carbamates (subject to hydrolysis) is 1. The van der Waals surface area contributed by atoms with Crippen LogP contribution in [0.15, 0.2) is 48.8 Å². The second kappa shape index (κ2) is 9.82. The quantitative estimate of drug-likeness (QED) is 0.278. The van der Waals surface area contributed by atoms with E-state index in [4.69, 9.17) is 14.5 Å². The van der Waals surface area contributed by atoms with Crippen molar-refractivity contribution in [3.8, 4) is 16.9 Å². The van der Waals surface area contributed by atoms with Gasteiger partial charge in [-0.2, -0.15) is 8.78 Å². The molecule has 1 amide bonds. The van der Waals surface area contributed by atoms with Crippen molar-refractivity contribution in [3.05, 3.63) is 71.6 Å². The maximum atomic E-state index is 13.4. The number of nitrogens with zero attached hydrogens (tertiary/aromatic N) is 4. The van der Waals surface area contributed by atoms with Crippen LogP contribution in [0.25, 0.3) is 22.2 Å². The van der Waals surface area contributed by atoms with E-state index in [2.05, 4.69) is 19.9 Å². The highest BCUT2D eigenvalue weighted by Gasteiger charge is 2.44. The fourth-order valence-corrected chi connectivity index (χ4v) is 6.63. The zero-order valence-electron chi connectivity index (χ0n) is 24.1. The molecule has 7 rings (SSSR count). The highest BCUT2D eigenvalue weighted by molar-refractivity contribution is 6.00. The summed E-state index contributed by atoms with van der Waals surface area (Å²) < 4.78 is 39.1. The van der Waals surface area contributed by atoms with Gasteiger partial charge in [-0.1, -0.05) is 18.2 Å². The summed E-state index contributed by atoms with van der Waals surface area (Å²) in [7, 11) is 0. The van der Waals surface area contributed by atoms with Gasteiger partial charge in [-0.05, 0) is 70.2 Å². The fraction of sp³-hybridized carbons (Fsp3) is 0.406. The molecule has 2 atom stereocenters. The number of carbonyl (C=O) groups is 2. The van der Waals surface area contributed by atoms with E-state index >= 15 is 0 Å². The van der Waals surface area contributed by atoms with Crippen molar-refractivity contribution in [2.45, 2.75) is 82.6 Å². The second-order valence-corrected chi connectivity index (χ2v) is 12.6. The summed E-state index contributed by atoms with van der Waals surface area (Å²) in [6.45, 7) is 2.46. The van der Waals surface area contributed by atoms with Crippen molar-refractivity contribution in [1.29, 1.82) is 0 Å². The molecule has 2 aromatic carbocycles. The number of benzene rings is 2. The van der Waals surface area contributed by atoms with Crippen LogP contribution >= 0.6 is 0 Å². The lowest BCUT2D eigenvalue weighted by molar-refractivity contribution is -0.0507. The van der Waals surface area contributed by atoms with E-state index in [1.165, 1.54) is 6.07 Å². The molecule has 0 saturated heterocycles. The number of amides is 1. The number of ether oxygens (including phenoxy) is 2. The monoisotopic (exact) mass is 587 g/mol. The van der Waals surface area contributed by atoms with Crippen molar-refractivity contribution in [2.75, 3.05) is 0 Å². The number of halogens is 2. The molecule has 222 valence electrons. The number of alkyl halides is 2. The average molecular weight is 588 g/mol. The molecule has 9 nitrogen and oxygen atoms in total. The number of carbonyl (C=O) groups excluding carboxylic acids is 2. The molecule has 3 heterocycles. The van der Waals surface area contributed by atoms with Gasteiger partial charge in [0.15, 0.2) is 11.6 Å². The van der Waals surface area contributed by atoms with Crippen molar-refractivity contribution in [2.24, 2.45) is 0 Å². The van der Waals surface area contributed by atoms with Crippen LogP contribution in [0.5, 0.6) is 5.75 Å². The Bertz CT molecular complexity index is 1760. The van der Waals surface area contributed by atoms with E-state index in [9.17, 15) is 18.4 Å². The minimum atomic E-state index is -3.01. The minimum Gasteiger partial charge on any atom is -0.444 e. The molecule has 3 aliphatic rings. The summed E-state index contributed by atoms with van der Waals surface area (Å²) in [5.74, 6) is 1.11. The molecule has 0 unspecified atom stereocenters. The molecule has 2 aromatic heterocycles. The van der Waals surface area contributed by atoms with E-state index in [1.807, 2.05) is 39.0 Å². The lowest BCUT2D eigenvalue weighted by atomic mass is 9.76. The van der Waals surface area contributed by atoms with Gasteiger partial charge in [-0.25, -0.2) is 19.7 Å². The fourth-order valence-electron chi connectivity index (χ4n) is 6.63. The smallest absolute Gasteiger partial charge is 0.408 e. The normalized spacial score (nSPS) is 20.3. The van der Waals surface area contributed by atoms with Gasteiger partial charge >= 0.3 is 12.7 Å². The Hall–Kier alpha value is -4.41. The molecule has 0 radical (unpaired) electrons. The van der Waals surface area contributed by atoms with Gasteiger partial charge in [0.1, 0.15) is 22.7 Å². The number of hydrogen-bond acceptors (Lipinski definition) is 7. The number of aromatic nitrogens is 4. The van der Waals surface area contributed by atoms with Crippen LogP contribution in [0, 0.1) is 0 Å². The van der Waals surface area contributed by atoms with E-state index in [-0.39, 0.29) is 29.9 Å². The maximum Gasteiger partial charge on any atom is 0.408 e. The number of imidazole rings is 1. The third kappa shape index (κ3) is 4.71. The Kier molecular flexibility index (Phi) is 6.26. The highest BCUT2D eigenvalue weighted by atomic mass is 19.3. The van der Waals surface area contributed by atoms with Gasteiger partial charge in [0, 0.05) is 41.4 Å². The first-order valence-corrected chi connectivity index (χ1v) is 14.5. The molecule has 43 heavy (non-hydrogen) atoms. The Balaban J connectivity index is 1.24. The molecule has 2 bridgehead atoms. The number of Topliss-reactive ketones (excluding diaryl/α,β-unsaturated/α-hetero) is 1. The van der Waals surface area contributed by atoms with Gasteiger partial charge in [0.25, 0.3) is 0 Å². The molecular weight excluding hydrogens is 556 g/mol. The van der Waals surface area contributed by atoms with Gasteiger partial charge < -0.3 is 19.4 Å². The summed E-state index contributed by atoms with van der Waals surface area (Å²) in [6.07, 6.45) is 6.23. The second-order valence-electron chi connectivity index (χ2n) is 12.6. The third-order valence-electron chi connectivity index (χ3n) is 8.61. The summed E-state index contributed by atoms with van der Waals surface area (Å²) in [6, 6.07) is 10.2. The SMILES string of the molecule is CC(C)(C)OC(=O)NC1(c2ncc(-c3ccc4nc5n(c4c3)[C@@H]3C[C@H]5CC(=O)c4cccc(OC(F)F)c43)cn2)CCC1. The van der Waals surface area contributed by atoms with Crippen molar-refractivity contribution >= 4 is 22.9 Å². The summed E-state index contributed by atoms with van der Waals surface area (Å²) >= 11 is 0. The number of rotatable bonds is 5. The summed E-state index contributed by atoms with van der Waals surface area (Å²) in [4.78, 5) is 39.8. The first-order valence-electron chi connectivity index (χ1n) is 14.5. The topological polar surface area (TPSA) is 108 Å². The zero-order chi connectivity index (χ0) is 30.1. The van der Waals surface area contributed by atoms with Gasteiger partial charge in [-0.15, -0.1) is 0 Å². The largest absolute Gasteiger partial charge is 0.444 e. The zero-order valence-corrected chi connectivity index (χ0v) is 24.1. The molecule has 0 spiro atoms. The molecule has 11 heteroatoms. The average Bonchev–Trinajstić information content (AvgIpc) is 3.41. The number of nitrogens with one attached hydrogen (secondary N) is 1. The van der Waals surface area contributed by atoms with Crippen molar-refractivity contribution in [1.82, 2.24) is 24.8 Å². The van der Waals surface area contributed by atoms with E-state index in [0.717, 1.165) is 47.2 Å². The molecule has 2 aliphatic carbocycles. The standard InChI is InChI=1S/C32H31F2N5O4/c1-31(2,3)43-30(41)38-32(10-5-11-32)28-35-15-19(16-36-28)17-8-9-21-22(12-17)39-23-13-18(27(39)37-21)14-24(40)20-6-4-7-25(26(20)23)42-29(33)34/h4,6-9,12,15-16,18,23,29H,5,10-11,13-14H2,1-3H3,(H,38,41)/t18-,23+/m0/s1. The molecule has 1 N–H and O–H groups in total. The Morgan fingerprint density at radius 1 is 1.12 bits per heavy atom. The van der Waals surface area contributed by atoms with Gasteiger partial charge in [0.2, 0.25) is 0 Å². The number of ketones is 1. The Labute approximate surface area is 246 Å². The Morgan fingerprint density at radius 3 is 2.56 bits per heavy atom. The highest BCUT2D eigenvalue weighted by Crippen LogP contribution is 2.50. The van der Waals surface area contributed by atoms with Gasteiger partial charge in [-0.3, -0.25) is 4.79 Å². The summed E-state index contributed by atoms with van der Waals surface area (Å²) in [5, 5.41) is 2.99. The van der Waals surface area contributed by atoms with Crippen LogP contribution in [-0.2, 0) is 10.3 Å². The van der Waals surface area contributed by atoms with E-state index in [1.54, 1.807) is 24.5 Å². The predicted molar refractivity (Wildman–Crippen MR) is 153 cm³/mol. The maximum absolute atomic E-state index is 13.4. The first kappa shape index (κ1) is 27.4. The molecule has 1 aliphatic heterocycles. The molecule has 1 saturated carbocycles. The van der Waals surface area contributed by atoms with E-state index in [0.29, 0.717) is 23.4 Å². The van der Waals surface area contributed by atoms with Crippen LogP contribution in [0.1, 0.15) is 92.4 Å². The third-order valence-corrected chi connectivity index (χ3v) is 8.61. The minimum absolute atomic E-state index is 0.0197. The Morgan fingerprint density at radius 2 is 1.88 bits per heavy atom. The number of fused-ring (bicyclic) bond motifs is 9. The van der Waals surface area contributed by atoms with Crippen LogP contribution in [-0.4, -0.2) is 43.6 Å². The van der Waals surface area contributed by atoms with Crippen LogP contribution in [0.2, 0.25) is 0 Å². The molecular formula is C32H31F2N5O4. The molecule has 4 aromatic rings. The van der Waals surface area contributed by atoms with Crippen molar-refractivity contribution in [3.63, 3.8) is 0 Å². The first-order chi connectivity index (χ1) is 20.5. The predicted octanol–water partition coefficient (Wildman–Crippen LogP) is 6.66. The number of hydrogen-bond donors (Lipinski definition) is 1. The van der Waals surface area contributed by atoms with Gasteiger partial charge in [0.05, 0.1) is 17.1 Å². The van der Waals surface area contributed by atoms with E-state index < -0.39 is 23.8 Å². The van der Waals surface area contributed by atoms with Crippen molar-refractivity contribution < 1.29 is 27.8 Å². The summed E-state index contributed by atoms with van der Waals surface area (Å²) in [5.41, 5.74) is 2.86. The lowest BCUT2D eigenvalue weighted by Gasteiger charge is -2.41.